The smallest absolute Gasteiger partial charge is 0.328 e. The minimum Gasteiger partial charge on any atom is -0.351 e. The van der Waals surface area contributed by atoms with Crippen molar-refractivity contribution >= 4 is 17.8 Å². The molecule has 1 heterocycles. The normalized spacial score (nSPS) is 22.5. The molecule has 0 aromatic rings. The van der Waals surface area contributed by atoms with E-state index in [2.05, 4.69) is 0 Å². The molecular formula is C4H4N2O5. The van der Waals surface area contributed by atoms with E-state index >= 15 is 0 Å². The van der Waals surface area contributed by atoms with E-state index in [0.29, 0.717) is 0 Å². The summed E-state index contributed by atoms with van der Waals surface area (Å²) in [5.41, 5.74) is 0. The van der Waals surface area contributed by atoms with E-state index in [9.17, 15) is 14.4 Å². The van der Waals surface area contributed by atoms with Crippen LogP contribution in [0.5, 0.6) is 0 Å². The minimum absolute atomic E-state index is 1.07. The Kier molecular flexibility index (Phi) is 1.39. The molecule has 1 saturated heterocycles. The van der Waals surface area contributed by atoms with Crippen LogP contribution in [0.1, 0.15) is 0 Å². The monoisotopic (exact) mass is 160 g/mol. The zero-order chi connectivity index (χ0) is 8.65. The van der Waals surface area contributed by atoms with E-state index in [1.807, 2.05) is 0 Å². The molecule has 60 valence electrons. The van der Waals surface area contributed by atoms with Gasteiger partial charge in [0.1, 0.15) is 0 Å². The van der Waals surface area contributed by atoms with Crippen LogP contribution >= 0.6 is 0 Å². The summed E-state index contributed by atoms with van der Waals surface area (Å²) in [6.07, 6.45) is 0. The maximum atomic E-state index is 10.4. The van der Waals surface area contributed by atoms with Crippen molar-refractivity contribution in [1.82, 2.24) is 10.6 Å². The summed E-state index contributed by atoms with van der Waals surface area (Å²) in [4.78, 5) is 31.2. The van der Waals surface area contributed by atoms with E-state index in [0.717, 1.165) is 0 Å². The first-order valence-electron chi connectivity index (χ1n) is 2.56. The summed E-state index contributed by atoms with van der Waals surface area (Å²) in [6, 6.07) is -1.07. The van der Waals surface area contributed by atoms with Crippen LogP contribution in [0.4, 0.5) is 4.79 Å². The van der Waals surface area contributed by atoms with E-state index in [1.54, 1.807) is 0 Å². The van der Waals surface area contributed by atoms with Crippen LogP contribution in [0.15, 0.2) is 0 Å². The Morgan fingerprint density at radius 3 is 1.73 bits per heavy atom. The Labute approximate surface area is 60.0 Å². The van der Waals surface area contributed by atoms with Gasteiger partial charge in [-0.25, -0.2) is 4.79 Å². The molecule has 0 unspecified atom stereocenters. The Hall–Kier alpha value is -1.47. The van der Waals surface area contributed by atoms with E-state index in [-0.39, 0.29) is 0 Å². The molecule has 1 rings (SSSR count). The topological polar surface area (TPSA) is 116 Å². The van der Waals surface area contributed by atoms with E-state index in [4.69, 9.17) is 10.2 Å². The quantitative estimate of drug-likeness (QED) is 0.223. The molecule has 1 aliphatic heterocycles. The van der Waals surface area contributed by atoms with Crippen LogP contribution in [-0.4, -0.2) is 33.8 Å². The molecule has 0 saturated carbocycles. The van der Waals surface area contributed by atoms with Gasteiger partial charge in [-0.3, -0.25) is 20.2 Å². The summed E-state index contributed by atoms with van der Waals surface area (Å²) < 4.78 is 0. The number of aliphatic hydroxyl groups is 2. The number of amides is 4. The zero-order valence-corrected chi connectivity index (χ0v) is 5.12. The first kappa shape index (κ1) is 7.63. The van der Waals surface area contributed by atoms with Crippen molar-refractivity contribution < 1.29 is 24.6 Å². The highest BCUT2D eigenvalue weighted by atomic mass is 16.5. The van der Waals surface area contributed by atoms with Gasteiger partial charge < -0.3 is 10.2 Å². The molecule has 7 heteroatoms. The molecule has 0 bridgehead atoms. The predicted molar refractivity (Wildman–Crippen MR) is 28.9 cm³/mol. The fourth-order valence-corrected chi connectivity index (χ4v) is 0.515. The Morgan fingerprint density at radius 2 is 1.36 bits per heavy atom. The second-order valence-corrected chi connectivity index (χ2v) is 1.91. The summed E-state index contributed by atoms with van der Waals surface area (Å²) in [6.45, 7) is 0. The average Bonchev–Trinajstić information content (AvgIpc) is 1.84. The SMILES string of the molecule is O=C1NC(=O)C(O)(O)C(=O)N1. The summed E-state index contributed by atoms with van der Waals surface area (Å²) in [7, 11) is 0. The maximum absolute atomic E-state index is 10.4. The number of barbiturate groups is 1. The molecule has 0 aromatic carbocycles. The zero-order valence-electron chi connectivity index (χ0n) is 5.12. The molecule has 4 amide bonds. The molecular weight excluding hydrogens is 156 g/mol. The number of carbonyl (C=O) groups is 3. The predicted octanol–water partition coefficient (Wildman–Crippen LogP) is -2.97. The van der Waals surface area contributed by atoms with Gasteiger partial charge in [-0.2, -0.15) is 0 Å². The van der Waals surface area contributed by atoms with Gasteiger partial charge in [0.05, 0.1) is 0 Å². The maximum Gasteiger partial charge on any atom is 0.328 e. The van der Waals surface area contributed by atoms with Crippen LogP contribution in [0.2, 0.25) is 0 Å². The average molecular weight is 160 g/mol. The highest BCUT2D eigenvalue weighted by Crippen LogP contribution is 2.02. The number of nitrogens with one attached hydrogen (secondary N) is 2. The van der Waals surface area contributed by atoms with Gasteiger partial charge in [0, 0.05) is 0 Å². The van der Waals surface area contributed by atoms with Gasteiger partial charge in [-0.05, 0) is 0 Å². The van der Waals surface area contributed by atoms with Crippen molar-refractivity contribution in [2.45, 2.75) is 5.79 Å². The van der Waals surface area contributed by atoms with E-state index in [1.165, 1.54) is 10.6 Å². The summed E-state index contributed by atoms with van der Waals surface area (Å²) in [5.74, 6) is -6.05. The van der Waals surface area contributed by atoms with Crippen molar-refractivity contribution in [3.05, 3.63) is 0 Å². The van der Waals surface area contributed by atoms with E-state index < -0.39 is 23.6 Å². The third kappa shape index (κ3) is 1.06. The molecule has 0 radical (unpaired) electrons. The third-order valence-corrected chi connectivity index (χ3v) is 1.09. The third-order valence-electron chi connectivity index (χ3n) is 1.09. The molecule has 11 heavy (non-hydrogen) atoms. The van der Waals surface area contributed by atoms with Gasteiger partial charge in [0.25, 0.3) is 11.8 Å². The minimum atomic E-state index is -3.14. The second kappa shape index (κ2) is 2.01. The lowest BCUT2D eigenvalue weighted by Gasteiger charge is -2.22. The fourth-order valence-electron chi connectivity index (χ4n) is 0.515. The molecule has 0 atom stereocenters. The standard InChI is InChI=1S/C4H4N2O5/c7-1-4(10,11)2(8)6-3(9)5-1/h10-11H,(H2,5,6,7,8,9). The fraction of sp³-hybridized carbons (Fsp3) is 0.250. The number of urea groups is 1. The molecule has 7 nitrogen and oxygen atoms in total. The largest absolute Gasteiger partial charge is 0.351 e. The molecule has 4 N–H and O–H groups in total. The number of imide groups is 2. The van der Waals surface area contributed by atoms with Crippen molar-refractivity contribution in [2.24, 2.45) is 0 Å². The Bertz CT molecular complexity index is 223. The highest BCUT2D eigenvalue weighted by Gasteiger charge is 2.47. The molecule has 0 aliphatic carbocycles. The van der Waals surface area contributed by atoms with Gasteiger partial charge in [0.15, 0.2) is 0 Å². The van der Waals surface area contributed by atoms with Gasteiger partial charge in [0.2, 0.25) is 0 Å². The van der Waals surface area contributed by atoms with Crippen LogP contribution in [0.25, 0.3) is 0 Å². The van der Waals surface area contributed by atoms with Crippen LogP contribution in [-0.2, 0) is 9.59 Å². The number of hydrogen-bond acceptors (Lipinski definition) is 5. The van der Waals surface area contributed by atoms with Crippen LogP contribution < -0.4 is 10.6 Å². The lowest BCUT2D eigenvalue weighted by Crippen LogP contribution is -2.66. The van der Waals surface area contributed by atoms with Gasteiger partial charge in [-0.15, -0.1) is 0 Å². The van der Waals surface area contributed by atoms with Crippen molar-refractivity contribution in [2.75, 3.05) is 0 Å². The summed E-state index contributed by atoms with van der Waals surface area (Å²) in [5, 5.41) is 20.2. The molecule has 1 aliphatic rings. The highest BCUT2D eigenvalue weighted by molar-refractivity contribution is 6.19. The van der Waals surface area contributed by atoms with Gasteiger partial charge >= 0.3 is 11.8 Å². The molecule has 0 spiro atoms. The second-order valence-electron chi connectivity index (χ2n) is 1.91. The van der Waals surface area contributed by atoms with Crippen molar-refractivity contribution in [1.29, 1.82) is 0 Å². The first-order chi connectivity index (χ1) is 4.94. The van der Waals surface area contributed by atoms with Gasteiger partial charge in [-0.1, -0.05) is 0 Å². The Balaban J connectivity index is 2.93. The van der Waals surface area contributed by atoms with Crippen LogP contribution in [0.3, 0.4) is 0 Å². The lowest BCUT2D eigenvalue weighted by atomic mass is 10.2. The van der Waals surface area contributed by atoms with Crippen molar-refractivity contribution in [3.63, 3.8) is 0 Å². The number of hydrogen-bond donors (Lipinski definition) is 4. The molecule has 0 aromatic heterocycles. The Morgan fingerprint density at radius 1 is 1.00 bits per heavy atom. The summed E-state index contributed by atoms with van der Waals surface area (Å²) >= 11 is 0. The first-order valence-corrected chi connectivity index (χ1v) is 2.56. The lowest BCUT2D eigenvalue weighted by molar-refractivity contribution is -0.193. The van der Waals surface area contributed by atoms with Crippen molar-refractivity contribution in [3.8, 4) is 0 Å². The number of carbonyl (C=O) groups excluding carboxylic acids is 3. The molecule has 1 fully saturated rings. The van der Waals surface area contributed by atoms with Crippen LogP contribution in [0, 0.1) is 0 Å². The number of rotatable bonds is 0.